The normalized spacial score (nSPS) is 12.2. The fourth-order valence-electron chi connectivity index (χ4n) is 2.21. The van der Waals surface area contributed by atoms with Crippen molar-refractivity contribution in [2.24, 2.45) is 0 Å². The van der Waals surface area contributed by atoms with Gasteiger partial charge in [0, 0.05) is 5.56 Å². The molecule has 7 nitrogen and oxygen atoms in total. The van der Waals surface area contributed by atoms with E-state index in [4.69, 9.17) is 21.1 Å². The Balaban J connectivity index is 1.50. The minimum atomic E-state index is -0.455. The van der Waals surface area contributed by atoms with Crippen LogP contribution in [0.1, 0.15) is 10.4 Å². The molecule has 8 heteroatoms. The average molecular weight is 362 g/mol. The van der Waals surface area contributed by atoms with E-state index >= 15 is 0 Å². The molecule has 2 aromatic rings. The lowest BCUT2D eigenvalue weighted by molar-refractivity contribution is -0.120. The SMILES string of the molecule is O=C(CNc1ccccc1Cl)NNC(=O)c1ccc2c(c1)OCCO2. The fourth-order valence-corrected chi connectivity index (χ4v) is 2.41. The van der Waals surface area contributed by atoms with Crippen molar-refractivity contribution in [3.8, 4) is 11.5 Å². The van der Waals surface area contributed by atoms with Crippen LogP contribution < -0.4 is 25.6 Å². The van der Waals surface area contributed by atoms with Gasteiger partial charge in [-0.05, 0) is 30.3 Å². The Labute approximate surface area is 149 Å². The van der Waals surface area contributed by atoms with Gasteiger partial charge in [-0.25, -0.2) is 0 Å². The maximum absolute atomic E-state index is 12.1. The number of anilines is 1. The number of fused-ring (bicyclic) bond motifs is 1. The number of benzene rings is 2. The summed E-state index contributed by atoms with van der Waals surface area (Å²) in [6.07, 6.45) is 0. The molecule has 0 aromatic heterocycles. The number of ether oxygens (including phenoxy) is 2. The summed E-state index contributed by atoms with van der Waals surface area (Å²) < 4.78 is 10.8. The van der Waals surface area contributed by atoms with Crippen molar-refractivity contribution < 1.29 is 19.1 Å². The van der Waals surface area contributed by atoms with Crippen LogP contribution in [0.2, 0.25) is 5.02 Å². The molecule has 25 heavy (non-hydrogen) atoms. The van der Waals surface area contributed by atoms with E-state index in [0.29, 0.717) is 41.0 Å². The number of halogens is 1. The lowest BCUT2D eigenvalue weighted by Crippen LogP contribution is -2.44. The number of hydrazine groups is 1. The van der Waals surface area contributed by atoms with Crippen LogP contribution in [-0.4, -0.2) is 31.6 Å². The monoisotopic (exact) mass is 361 g/mol. The third-order valence-electron chi connectivity index (χ3n) is 3.43. The number of nitrogens with one attached hydrogen (secondary N) is 3. The van der Waals surface area contributed by atoms with Gasteiger partial charge in [-0.2, -0.15) is 0 Å². The molecule has 0 saturated carbocycles. The Bertz CT molecular complexity index is 797. The lowest BCUT2D eigenvalue weighted by atomic mass is 10.2. The number of amides is 2. The van der Waals surface area contributed by atoms with E-state index in [-0.39, 0.29) is 6.54 Å². The number of carbonyl (C=O) groups excluding carboxylic acids is 2. The molecule has 2 aromatic carbocycles. The van der Waals surface area contributed by atoms with Crippen LogP contribution in [0.4, 0.5) is 5.69 Å². The Morgan fingerprint density at radius 2 is 1.76 bits per heavy atom. The minimum absolute atomic E-state index is 0.0366. The summed E-state index contributed by atoms with van der Waals surface area (Å²) in [5.74, 6) is 0.232. The molecule has 0 radical (unpaired) electrons. The van der Waals surface area contributed by atoms with Gasteiger partial charge in [-0.15, -0.1) is 0 Å². The van der Waals surface area contributed by atoms with Crippen LogP contribution in [0.3, 0.4) is 0 Å². The highest BCUT2D eigenvalue weighted by atomic mass is 35.5. The maximum Gasteiger partial charge on any atom is 0.269 e. The molecular formula is C17H16ClN3O4. The first kappa shape index (κ1) is 16.9. The first-order valence-corrected chi connectivity index (χ1v) is 7.98. The first-order valence-electron chi connectivity index (χ1n) is 7.61. The molecule has 0 unspecified atom stereocenters. The van der Waals surface area contributed by atoms with Crippen molar-refractivity contribution in [1.29, 1.82) is 0 Å². The Morgan fingerprint density at radius 1 is 1.00 bits per heavy atom. The Hall–Kier alpha value is -2.93. The van der Waals surface area contributed by atoms with Gasteiger partial charge >= 0.3 is 0 Å². The highest BCUT2D eigenvalue weighted by Gasteiger charge is 2.15. The summed E-state index contributed by atoms with van der Waals surface area (Å²) in [4.78, 5) is 23.9. The zero-order valence-electron chi connectivity index (χ0n) is 13.2. The molecule has 1 heterocycles. The van der Waals surface area contributed by atoms with Gasteiger partial charge in [0.15, 0.2) is 11.5 Å². The van der Waals surface area contributed by atoms with E-state index in [1.165, 1.54) is 0 Å². The maximum atomic E-state index is 12.1. The van der Waals surface area contributed by atoms with Crippen molar-refractivity contribution in [2.45, 2.75) is 0 Å². The molecule has 1 aliphatic heterocycles. The second-order valence-electron chi connectivity index (χ2n) is 5.19. The average Bonchev–Trinajstić information content (AvgIpc) is 2.65. The van der Waals surface area contributed by atoms with Crippen LogP contribution in [0.15, 0.2) is 42.5 Å². The highest BCUT2D eigenvalue weighted by molar-refractivity contribution is 6.33. The number of rotatable bonds is 4. The number of carbonyl (C=O) groups is 2. The Morgan fingerprint density at radius 3 is 2.56 bits per heavy atom. The van der Waals surface area contributed by atoms with Gasteiger partial charge in [0.25, 0.3) is 11.8 Å². The van der Waals surface area contributed by atoms with Crippen molar-refractivity contribution >= 4 is 29.1 Å². The predicted molar refractivity (Wildman–Crippen MR) is 93.0 cm³/mol. The first-order chi connectivity index (χ1) is 12.1. The fraction of sp³-hybridized carbons (Fsp3) is 0.176. The van der Waals surface area contributed by atoms with Gasteiger partial charge in [-0.1, -0.05) is 23.7 Å². The molecule has 130 valence electrons. The van der Waals surface area contributed by atoms with Crippen molar-refractivity contribution in [2.75, 3.05) is 25.1 Å². The van der Waals surface area contributed by atoms with Gasteiger partial charge in [0.1, 0.15) is 13.2 Å². The van der Waals surface area contributed by atoms with E-state index in [2.05, 4.69) is 16.2 Å². The molecule has 2 amide bonds. The summed E-state index contributed by atoms with van der Waals surface area (Å²) >= 11 is 5.99. The molecular weight excluding hydrogens is 346 g/mol. The van der Waals surface area contributed by atoms with E-state index < -0.39 is 11.8 Å². The number of hydrogen-bond donors (Lipinski definition) is 3. The molecule has 0 saturated heterocycles. The highest BCUT2D eigenvalue weighted by Crippen LogP contribution is 2.30. The third-order valence-corrected chi connectivity index (χ3v) is 3.76. The molecule has 0 fully saturated rings. The number of hydrogen-bond acceptors (Lipinski definition) is 5. The van der Waals surface area contributed by atoms with E-state index in [1.807, 2.05) is 0 Å². The van der Waals surface area contributed by atoms with Crippen molar-refractivity contribution in [1.82, 2.24) is 10.9 Å². The van der Waals surface area contributed by atoms with Crippen LogP contribution in [-0.2, 0) is 4.79 Å². The van der Waals surface area contributed by atoms with Crippen molar-refractivity contribution in [3.63, 3.8) is 0 Å². The predicted octanol–water partition coefficient (Wildman–Crippen LogP) is 1.98. The van der Waals surface area contributed by atoms with Crippen molar-refractivity contribution in [3.05, 3.63) is 53.1 Å². The van der Waals surface area contributed by atoms with E-state index in [1.54, 1.807) is 42.5 Å². The zero-order valence-corrected chi connectivity index (χ0v) is 13.9. The summed E-state index contributed by atoms with van der Waals surface area (Å²) in [6.45, 7) is 0.876. The van der Waals surface area contributed by atoms with Crippen LogP contribution in [0.25, 0.3) is 0 Å². The molecule has 0 bridgehead atoms. The van der Waals surface area contributed by atoms with Crippen LogP contribution in [0.5, 0.6) is 11.5 Å². The summed E-state index contributed by atoms with van der Waals surface area (Å²) in [6, 6.07) is 11.9. The molecule has 0 aliphatic carbocycles. The van der Waals surface area contributed by atoms with Gasteiger partial charge in [-0.3, -0.25) is 20.4 Å². The minimum Gasteiger partial charge on any atom is -0.486 e. The van der Waals surface area contributed by atoms with Crippen LogP contribution in [0, 0.1) is 0 Å². The summed E-state index contributed by atoms with van der Waals surface area (Å²) in [7, 11) is 0. The molecule has 3 rings (SSSR count). The molecule has 0 spiro atoms. The van der Waals surface area contributed by atoms with E-state index in [0.717, 1.165) is 0 Å². The smallest absolute Gasteiger partial charge is 0.269 e. The third kappa shape index (κ3) is 4.33. The second-order valence-corrected chi connectivity index (χ2v) is 5.60. The summed E-state index contributed by atoms with van der Waals surface area (Å²) in [5.41, 5.74) is 5.67. The lowest BCUT2D eigenvalue weighted by Gasteiger charge is -2.18. The van der Waals surface area contributed by atoms with Crippen LogP contribution >= 0.6 is 11.6 Å². The largest absolute Gasteiger partial charge is 0.486 e. The van der Waals surface area contributed by atoms with Gasteiger partial charge in [0.05, 0.1) is 17.3 Å². The van der Waals surface area contributed by atoms with E-state index in [9.17, 15) is 9.59 Å². The van der Waals surface area contributed by atoms with Gasteiger partial charge in [0.2, 0.25) is 0 Å². The second kappa shape index (κ2) is 7.76. The quantitative estimate of drug-likeness (QED) is 0.725. The zero-order chi connectivity index (χ0) is 17.6. The Kier molecular flexibility index (Phi) is 5.25. The molecule has 3 N–H and O–H groups in total. The molecule has 1 aliphatic rings. The molecule has 0 atom stereocenters. The standard InChI is InChI=1S/C17H16ClN3O4/c18-12-3-1-2-4-13(12)19-10-16(22)20-21-17(23)11-5-6-14-15(9-11)25-8-7-24-14/h1-6,9,19H,7-8,10H2,(H,20,22)(H,21,23). The summed E-state index contributed by atoms with van der Waals surface area (Å²) in [5, 5.41) is 3.40. The topological polar surface area (TPSA) is 88.7 Å². The number of para-hydroxylation sites is 1. The van der Waals surface area contributed by atoms with Gasteiger partial charge < -0.3 is 14.8 Å².